The smallest absolute Gasteiger partial charge is 0.292 e. The molecule has 0 fully saturated rings. The number of nitro benzene ring substituents is 1. The molecule has 0 saturated heterocycles. The van der Waals surface area contributed by atoms with E-state index in [0.717, 1.165) is 5.56 Å². The van der Waals surface area contributed by atoms with E-state index in [9.17, 15) is 15.2 Å². The number of nitrogen functional groups attached to an aromatic ring is 1. The number of anilines is 1. The zero-order valence-electron chi connectivity index (χ0n) is 9.96. The van der Waals surface area contributed by atoms with Crippen molar-refractivity contribution >= 4 is 11.4 Å². The molecule has 1 unspecified atom stereocenters. The Morgan fingerprint density at radius 1 is 1.59 bits per heavy atom. The first kappa shape index (κ1) is 13.4. The molecule has 0 aliphatic heterocycles. The summed E-state index contributed by atoms with van der Waals surface area (Å²) < 4.78 is 0. The number of hydrogen-bond acceptors (Lipinski definition) is 5. The largest absolute Gasteiger partial charge is 0.393 e. The van der Waals surface area contributed by atoms with Gasteiger partial charge in [-0.3, -0.25) is 15.0 Å². The quantitative estimate of drug-likeness (QED) is 0.454. The predicted octanol–water partition coefficient (Wildman–Crippen LogP) is 0.990. The molecule has 3 N–H and O–H groups in total. The monoisotopic (exact) mass is 239 g/mol. The van der Waals surface area contributed by atoms with E-state index in [2.05, 4.69) is 0 Å². The third-order valence-corrected chi connectivity index (χ3v) is 2.32. The van der Waals surface area contributed by atoms with E-state index < -0.39 is 11.0 Å². The van der Waals surface area contributed by atoms with Crippen LogP contribution in [0.5, 0.6) is 0 Å². The molecule has 1 aromatic rings. The Hall–Kier alpha value is -1.66. The van der Waals surface area contributed by atoms with E-state index in [0.29, 0.717) is 13.1 Å². The van der Waals surface area contributed by atoms with Crippen LogP contribution >= 0.6 is 0 Å². The van der Waals surface area contributed by atoms with Crippen molar-refractivity contribution in [3.63, 3.8) is 0 Å². The predicted molar refractivity (Wildman–Crippen MR) is 65.5 cm³/mol. The number of likely N-dealkylation sites (N-methyl/N-ethyl adjacent to an activating group) is 1. The minimum Gasteiger partial charge on any atom is -0.393 e. The maximum atomic E-state index is 10.7. The minimum atomic E-state index is -0.493. The number of nitrogens with zero attached hydrogens (tertiary/aromatic N) is 2. The van der Waals surface area contributed by atoms with Crippen LogP contribution in [0.4, 0.5) is 11.4 Å². The molecule has 6 heteroatoms. The molecule has 0 radical (unpaired) electrons. The first-order valence-corrected chi connectivity index (χ1v) is 5.29. The molecule has 1 atom stereocenters. The fourth-order valence-corrected chi connectivity index (χ4v) is 1.67. The first-order valence-electron chi connectivity index (χ1n) is 5.29. The summed E-state index contributed by atoms with van der Waals surface area (Å²) in [4.78, 5) is 12.1. The molecule has 1 aromatic carbocycles. The molecular formula is C11H17N3O3. The summed E-state index contributed by atoms with van der Waals surface area (Å²) in [5.41, 5.74) is 6.39. The van der Waals surface area contributed by atoms with Gasteiger partial charge in [-0.1, -0.05) is 6.07 Å². The number of nitro groups is 1. The molecule has 6 nitrogen and oxygen atoms in total. The average Bonchev–Trinajstić information content (AvgIpc) is 2.19. The lowest BCUT2D eigenvalue weighted by molar-refractivity contribution is -0.384. The highest BCUT2D eigenvalue weighted by atomic mass is 16.6. The van der Waals surface area contributed by atoms with Crippen LogP contribution in [0.2, 0.25) is 0 Å². The van der Waals surface area contributed by atoms with Crippen molar-refractivity contribution in [3.8, 4) is 0 Å². The van der Waals surface area contributed by atoms with Gasteiger partial charge in [0, 0.05) is 19.2 Å². The van der Waals surface area contributed by atoms with Crippen molar-refractivity contribution in [2.45, 2.75) is 19.6 Å². The van der Waals surface area contributed by atoms with Crippen LogP contribution in [0.3, 0.4) is 0 Å². The van der Waals surface area contributed by atoms with Crippen LogP contribution in [0.1, 0.15) is 12.5 Å². The minimum absolute atomic E-state index is 0.0760. The Kier molecular flexibility index (Phi) is 4.42. The molecule has 0 heterocycles. The van der Waals surface area contributed by atoms with Gasteiger partial charge in [-0.05, 0) is 25.6 Å². The van der Waals surface area contributed by atoms with Gasteiger partial charge in [-0.15, -0.1) is 0 Å². The molecule has 0 aliphatic rings. The second-order valence-corrected chi connectivity index (χ2v) is 4.20. The van der Waals surface area contributed by atoms with Gasteiger partial charge in [0.05, 0.1) is 11.0 Å². The number of rotatable bonds is 5. The van der Waals surface area contributed by atoms with Crippen LogP contribution in [-0.2, 0) is 6.54 Å². The molecule has 17 heavy (non-hydrogen) atoms. The summed E-state index contributed by atoms with van der Waals surface area (Å²) in [5.74, 6) is 0. The number of hydrogen-bond donors (Lipinski definition) is 2. The van der Waals surface area contributed by atoms with Gasteiger partial charge in [-0.2, -0.15) is 0 Å². The van der Waals surface area contributed by atoms with E-state index in [1.165, 1.54) is 12.1 Å². The fraction of sp³-hybridized carbons (Fsp3) is 0.455. The number of benzene rings is 1. The third kappa shape index (κ3) is 4.01. The van der Waals surface area contributed by atoms with Crippen molar-refractivity contribution in [1.82, 2.24) is 4.90 Å². The van der Waals surface area contributed by atoms with Crippen molar-refractivity contribution < 1.29 is 10.0 Å². The van der Waals surface area contributed by atoms with Gasteiger partial charge in [-0.25, -0.2) is 0 Å². The van der Waals surface area contributed by atoms with Crippen LogP contribution in [-0.4, -0.2) is 34.6 Å². The zero-order chi connectivity index (χ0) is 13.0. The van der Waals surface area contributed by atoms with Gasteiger partial charge in [0.25, 0.3) is 5.69 Å². The van der Waals surface area contributed by atoms with Gasteiger partial charge in [0.2, 0.25) is 0 Å². The lowest BCUT2D eigenvalue weighted by Crippen LogP contribution is -2.26. The molecule has 0 spiro atoms. The standard InChI is InChI=1S/C11H17N3O3/c1-8(15)6-13(2)7-9-3-4-10(12)11(5-9)14(16)17/h3-5,8,15H,6-7,12H2,1-2H3. The third-order valence-electron chi connectivity index (χ3n) is 2.32. The number of aliphatic hydroxyl groups is 1. The lowest BCUT2D eigenvalue weighted by Gasteiger charge is -2.18. The van der Waals surface area contributed by atoms with E-state index in [-0.39, 0.29) is 11.4 Å². The Balaban J connectivity index is 2.79. The first-order chi connectivity index (χ1) is 7.90. The zero-order valence-corrected chi connectivity index (χ0v) is 9.96. The fourth-order valence-electron chi connectivity index (χ4n) is 1.67. The van der Waals surface area contributed by atoms with Crippen LogP contribution < -0.4 is 5.73 Å². The van der Waals surface area contributed by atoms with E-state index in [4.69, 9.17) is 5.73 Å². The lowest BCUT2D eigenvalue weighted by atomic mass is 10.1. The summed E-state index contributed by atoms with van der Waals surface area (Å²) in [7, 11) is 1.84. The maximum absolute atomic E-state index is 10.7. The second kappa shape index (κ2) is 5.60. The number of nitrogens with two attached hydrogens (primary N) is 1. The van der Waals surface area contributed by atoms with Gasteiger partial charge < -0.3 is 10.8 Å². The van der Waals surface area contributed by atoms with Crippen LogP contribution in [0.25, 0.3) is 0 Å². The van der Waals surface area contributed by atoms with Crippen molar-refractivity contribution in [1.29, 1.82) is 0 Å². The molecule has 1 rings (SSSR count). The molecule has 0 aliphatic carbocycles. The van der Waals surface area contributed by atoms with Gasteiger partial charge >= 0.3 is 0 Å². The Bertz CT molecular complexity index is 407. The average molecular weight is 239 g/mol. The van der Waals surface area contributed by atoms with Crippen molar-refractivity contribution in [2.75, 3.05) is 19.3 Å². The summed E-state index contributed by atoms with van der Waals surface area (Å²) in [6.07, 6.45) is -0.427. The SMILES string of the molecule is CC(O)CN(C)Cc1ccc(N)c([N+](=O)[O-])c1. The second-order valence-electron chi connectivity index (χ2n) is 4.20. The van der Waals surface area contributed by atoms with Crippen LogP contribution in [0.15, 0.2) is 18.2 Å². The van der Waals surface area contributed by atoms with Crippen molar-refractivity contribution in [3.05, 3.63) is 33.9 Å². The Morgan fingerprint density at radius 2 is 2.24 bits per heavy atom. The topological polar surface area (TPSA) is 92.6 Å². The summed E-state index contributed by atoms with van der Waals surface area (Å²) in [6, 6.07) is 4.75. The normalized spacial score (nSPS) is 12.7. The summed E-state index contributed by atoms with van der Waals surface area (Å²) in [6.45, 7) is 2.74. The molecule has 0 amide bonds. The van der Waals surface area contributed by atoms with Crippen molar-refractivity contribution in [2.24, 2.45) is 0 Å². The maximum Gasteiger partial charge on any atom is 0.292 e. The van der Waals surface area contributed by atoms with E-state index in [1.807, 2.05) is 11.9 Å². The summed E-state index contributed by atoms with van der Waals surface area (Å²) >= 11 is 0. The molecule has 0 saturated carbocycles. The molecule has 94 valence electrons. The summed E-state index contributed by atoms with van der Waals surface area (Å²) in [5, 5.41) is 19.9. The van der Waals surface area contributed by atoms with Crippen LogP contribution in [0, 0.1) is 10.1 Å². The van der Waals surface area contributed by atoms with E-state index >= 15 is 0 Å². The molecule has 0 bridgehead atoms. The molecule has 0 aromatic heterocycles. The molecular weight excluding hydrogens is 222 g/mol. The Labute approximate surface area is 99.8 Å². The highest BCUT2D eigenvalue weighted by Gasteiger charge is 2.13. The Morgan fingerprint density at radius 3 is 2.76 bits per heavy atom. The highest BCUT2D eigenvalue weighted by molar-refractivity contribution is 5.59. The van der Waals surface area contributed by atoms with Gasteiger partial charge in [0.15, 0.2) is 0 Å². The van der Waals surface area contributed by atoms with Gasteiger partial charge in [0.1, 0.15) is 5.69 Å². The highest BCUT2D eigenvalue weighted by Crippen LogP contribution is 2.22. The van der Waals surface area contributed by atoms with E-state index in [1.54, 1.807) is 13.0 Å². The number of aliphatic hydroxyl groups excluding tert-OH is 1.